The lowest BCUT2D eigenvalue weighted by Crippen LogP contribution is -2.50. The fourth-order valence-electron chi connectivity index (χ4n) is 2.37. The van der Waals surface area contributed by atoms with Crippen molar-refractivity contribution in [2.24, 2.45) is 11.8 Å². The second kappa shape index (κ2) is 4.44. The number of likely N-dealkylation sites (tertiary alicyclic amines) is 1. The fourth-order valence-corrected chi connectivity index (χ4v) is 2.37. The summed E-state index contributed by atoms with van der Waals surface area (Å²) in [6, 6.07) is -0.581. The van der Waals surface area contributed by atoms with E-state index in [1.165, 1.54) is 0 Å². The van der Waals surface area contributed by atoms with Gasteiger partial charge in [-0.15, -0.1) is 0 Å². The molecule has 2 unspecified atom stereocenters. The highest BCUT2D eigenvalue weighted by atomic mass is 16.4. The van der Waals surface area contributed by atoms with E-state index in [-0.39, 0.29) is 5.91 Å². The summed E-state index contributed by atoms with van der Waals surface area (Å²) in [5, 5.41) is 9.10. The van der Waals surface area contributed by atoms with Crippen LogP contribution in [0.1, 0.15) is 39.0 Å². The average Bonchev–Trinajstić information content (AvgIpc) is 3.01. The third-order valence-corrected chi connectivity index (χ3v) is 3.58. The molecule has 0 aromatic carbocycles. The molecule has 2 aliphatic rings. The molecule has 1 aliphatic carbocycles. The number of piperidine rings is 1. The highest BCUT2D eigenvalue weighted by Gasteiger charge is 2.36. The van der Waals surface area contributed by atoms with Crippen LogP contribution in [0.15, 0.2) is 0 Å². The van der Waals surface area contributed by atoms with E-state index < -0.39 is 12.0 Å². The Morgan fingerprint density at radius 3 is 2.50 bits per heavy atom. The molecule has 1 N–H and O–H groups in total. The van der Waals surface area contributed by atoms with Gasteiger partial charge >= 0.3 is 5.97 Å². The molecule has 2 fully saturated rings. The van der Waals surface area contributed by atoms with Gasteiger partial charge in [-0.3, -0.25) is 4.79 Å². The topological polar surface area (TPSA) is 57.6 Å². The van der Waals surface area contributed by atoms with Crippen LogP contribution in [0, 0.1) is 11.8 Å². The molecule has 90 valence electrons. The van der Waals surface area contributed by atoms with Gasteiger partial charge in [0.15, 0.2) is 0 Å². The Labute approximate surface area is 95.6 Å². The van der Waals surface area contributed by atoms with E-state index in [1.54, 1.807) is 4.90 Å². The molecule has 0 bridgehead atoms. The molecule has 0 radical (unpaired) electrons. The second-order valence-corrected chi connectivity index (χ2v) is 5.23. The van der Waals surface area contributed by atoms with Crippen molar-refractivity contribution in [1.82, 2.24) is 4.90 Å². The summed E-state index contributed by atoms with van der Waals surface area (Å²) in [6.45, 7) is 2.69. The Bertz CT molecular complexity index is 299. The summed E-state index contributed by atoms with van der Waals surface area (Å²) in [4.78, 5) is 24.6. The maximum Gasteiger partial charge on any atom is 0.326 e. The summed E-state index contributed by atoms with van der Waals surface area (Å²) >= 11 is 0. The van der Waals surface area contributed by atoms with Crippen LogP contribution in [0.25, 0.3) is 0 Å². The van der Waals surface area contributed by atoms with E-state index in [9.17, 15) is 9.59 Å². The van der Waals surface area contributed by atoms with Crippen LogP contribution in [-0.2, 0) is 9.59 Å². The Balaban J connectivity index is 2.00. The number of aliphatic carboxylic acids is 1. The lowest BCUT2D eigenvalue weighted by molar-refractivity contribution is -0.153. The highest BCUT2D eigenvalue weighted by molar-refractivity contribution is 5.84. The van der Waals surface area contributed by atoms with Gasteiger partial charge in [-0.25, -0.2) is 4.79 Å². The first kappa shape index (κ1) is 11.4. The Morgan fingerprint density at radius 2 is 1.94 bits per heavy atom. The van der Waals surface area contributed by atoms with Gasteiger partial charge in [0.25, 0.3) is 0 Å². The normalized spacial score (nSPS) is 30.2. The largest absolute Gasteiger partial charge is 0.480 e. The number of hydrogen-bond donors (Lipinski definition) is 1. The van der Waals surface area contributed by atoms with Crippen LogP contribution >= 0.6 is 0 Å². The lowest BCUT2D eigenvalue weighted by Gasteiger charge is -2.36. The molecular weight excluding hydrogens is 206 g/mol. The summed E-state index contributed by atoms with van der Waals surface area (Å²) in [5.74, 6) is 0.149. The predicted molar refractivity (Wildman–Crippen MR) is 58.9 cm³/mol. The van der Waals surface area contributed by atoms with Gasteiger partial charge in [0.1, 0.15) is 6.04 Å². The first-order chi connectivity index (χ1) is 7.58. The van der Waals surface area contributed by atoms with Crippen LogP contribution in [0.4, 0.5) is 0 Å². The maximum absolute atomic E-state index is 12.0. The van der Waals surface area contributed by atoms with Crippen molar-refractivity contribution in [1.29, 1.82) is 0 Å². The number of carbonyl (C=O) groups excluding carboxylic acids is 1. The molecule has 2 rings (SSSR count). The minimum atomic E-state index is -0.851. The van der Waals surface area contributed by atoms with E-state index in [2.05, 4.69) is 6.92 Å². The standard InChI is InChI=1S/C12H19NO3/c1-8-2-5-10(12(15)16)13(7-8)11(14)6-9-3-4-9/h8-10H,2-7H2,1H3,(H,15,16). The Hall–Kier alpha value is -1.06. The van der Waals surface area contributed by atoms with E-state index in [1.807, 2.05) is 0 Å². The molecule has 0 aromatic heterocycles. The minimum Gasteiger partial charge on any atom is -0.480 e. The molecule has 0 spiro atoms. The SMILES string of the molecule is CC1CCC(C(=O)O)N(C(=O)CC2CC2)C1. The summed E-state index contributed by atoms with van der Waals surface area (Å²) < 4.78 is 0. The van der Waals surface area contributed by atoms with Crippen molar-refractivity contribution < 1.29 is 14.7 Å². The monoisotopic (exact) mass is 225 g/mol. The third-order valence-electron chi connectivity index (χ3n) is 3.58. The first-order valence-corrected chi connectivity index (χ1v) is 6.10. The molecule has 1 saturated carbocycles. The van der Waals surface area contributed by atoms with Gasteiger partial charge in [0.05, 0.1) is 0 Å². The smallest absolute Gasteiger partial charge is 0.326 e. The van der Waals surface area contributed by atoms with Crippen LogP contribution < -0.4 is 0 Å². The predicted octanol–water partition coefficient (Wildman–Crippen LogP) is 1.50. The van der Waals surface area contributed by atoms with Crippen LogP contribution in [0.3, 0.4) is 0 Å². The number of rotatable bonds is 3. The molecule has 16 heavy (non-hydrogen) atoms. The number of carboxylic acids is 1. The third kappa shape index (κ3) is 2.54. The molecule has 4 nitrogen and oxygen atoms in total. The van der Waals surface area contributed by atoms with E-state index in [0.717, 1.165) is 19.3 Å². The van der Waals surface area contributed by atoms with Gasteiger partial charge in [-0.05, 0) is 37.5 Å². The van der Waals surface area contributed by atoms with Gasteiger partial charge in [0.2, 0.25) is 5.91 Å². The van der Waals surface area contributed by atoms with Crippen molar-refractivity contribution in [2.45, 2.75) is 45.1 Å². The van der Waals surface area contributed by atoms with Gasteiger partial charge < -0.3 is 10.0 Å². The van der Waals surface area contributed by atoms with Crippen molar-refractivity contribution in [3.05, 3.63) is 0 Å². The molecule has 0 aromatic rings. The van der Waals surface area contributed by atoms with Crippen molar-refractivity contribution >= 4 is 11.9 Å². The Morgan fingerprint density at radius 1 is 1.25 bits per heavy atom. The zero-order valence-electron chi connectivity index (χ0n) is 9.69. The lowest BCUT2D eigenvalue weighted by atomic mass is 9.93. The molecule has 2 atom stereocenters. The number of carboxylic acid groups (broad SMARTS) is 1. The molecule has 1 amide bonds. The zero-order valence-corrected chi connectivity index (χ0v) is 9.69. The van der Waals surface area contributed by atoms with Crippen LogP contribution in [-0.4, -0.2) is 34.5 Å². The summed E-state index contributed by atoms with van der Waals surface area (Å²) in [7, 11) is 0. The van der Waals surface area contributed by atoms with Crippen molar-refractivity contribution in [2.75, 3.05) is 6.54 Å². The van der Waals surface area contributed by atoms with Crippen LogP contribution in [0.2, 0.25) is 0 Å². The van der Waals surface area contributed by atoms with E-state index in [0.29, 0.717) is 31.2 Å². The van der Waals surface area contributed by atoms with Crippen LogP contribution in [0.5, 0.6) is 0 Å². The number of carbonyl (C=O) groups is 2. The van der Waals surface area contributed by atoms with Gasteiger partial charge in [0, 0.05) is 13.0 Å². The average molecular weight is 225 g/mol. The molecule has 1 heterocycles. The number of nitrogens with zero attached hydrogens (tertiary/aromatic N) is 1. The summed E-state index contributed by atoms with van der Waals surface area (Å²) in [6.07, 6.45) is 4.33. The first-order valence-electron chi connectivity index (χ1n) is 6.10. The van der Waals surface area contributed by atoms with Crippen molar-refractivity contribution in [3.63, 3.8) is 0 Å². The Kier molecular flexibility index (Phi) is 3.17. The molecular formula is C12H19NO3. The van der Waals surface area contributed by atoms with Gasteiger partial charge in [-0.2, -0.15) is 0 Å². The maximum atomic E-state index is 12.0. The molecule has 1 saturated heterocycles. The second-order valence-electron chi connectivity index (χ2n) is 5.23. The quantitative estimate of drug-likeness (QED) is 0.791. The number of hydrogen-bond acceptors (Lipinski definition) is 2. The van der Waals surface area contributed by atoms with E-state index >= 15 is 0 Å². The highest BCUT2D eigenvalue weighted by Crippen LogP contribution is 2.34. The molecule has 1 aliphatic heterocycles. The number of amides is 1. The van der Waals surface area contributed by atoms with E-state index in [4.69, 9.17) is 5.11 Å². The van der Waals surface area contributed by atoms with Crippen molar-refractivity contribution in [3.8, 4) is 0 Å². The minimum absolute atomic E-state index is 0.0430. The summed E-state index contributed by atoms with van der Waals surface area (Å²) in [5.41, 5.74) is 0. The zero-order chi connectivity index (χ0) is 11.7. The van der Waals surface area contributed by atoms with Gasteiger partial charge in [-0.1, -0.05) is 6.92 Å². The fraction of sp³-hybridized carbons (Fsp3) is 0.833. The molecule has 4 heteroatoms.